The van der Waals surface area contributed by atoms with Gasteiger partial charge in [0.05, 0.1) is 11.8 Å². The SMILES string of the molecule is Cc1cccc(NC(=O)[C@H](C)N2CCC[C@@H](CS(N)(=O)=O)C2)c1. The molecule has 128 valence electrons. The van der Waals surface area contributed by atoms with Crippen molar-refractivity contribution in [1.82, 2.24) is 4.90 Å². The molecule has 0 unspecified atom stereocenters. The second-order valence-electron chi connectivity index (χ2n) is 6.37. The van der Waals surface area contributed by atoms with Gasteiger partial charge in [0.25, 0.3) is 0 Å². The van der Waals surface area contributed by atoms with Crippen LogP contribution in [0.1, 0.15) is 25.3 Å². The van der Waals surface area contributed by atoms with Gasteiger partial charge in [-0.25, -0.2) is 13.6 Å². The van der Waals surface area contributed by atoms with Gasteiger partial charge in [0.15, 0.2) is 0 Å². The van der Waals surface area contributed by atoms with Crippen molar-refractivity contribution >= 4 is 21.6 Å². The Morgan fingerprint density at radius 1 is 1.48 bits per heavy atom. The number of hydrogen-bond donors (Lipinski definition) is 2. The number of anilines is 1. The van der Waals surface area contributed by atoms with Crippen molar-refractivity contribution < 1.29 is 13.2 Å². The summed E-state index contributed by atoms with van der Waals surface area (Å²) in [6, 6.07) is 7.35. The molecule has 0 aromatic heterocycles. The summed E-state index contributed by atoms with van der Waals surface area (Å²) < 4.78 is 22.5. The second-order valence-corrected chi connectivity index (χ2v) is 8.03. The second kappa shape index (κ2) is 7.42. The van der Waals surface area contributed by atoms with Gasteiger partial charge >= 0.3 is 0 Å². The highest BCUT2D eigenvalue weighted by Gasteiger charge is 2.29. The maximum atomic E-state index is 12.4. The fraction of sp³-hybridized carbons (Fsp3) is 0.562. The lowest BCUT2D eigenvalue weighted by atomic mass is 9.98. The molecule has 1 aliphatic rings. The highest BCUT2D eigenvalue weighted by atomic mass is 32.2. The summed E-state index contributed by atoms with van der Waals surface area (Å²) in [7, 11) is -3.47. The molecule has 1 fully saturated rings. The van der Waals surface area contributed by atoms with Gasteiger partial charge in [0.1, 0.15) is 0 Å². The van der Waals surface area contributed by atoms with Crippen LogP contribution in [0.2, 0.25) is 0 Å². The zero-order valence-corrected chi connectivity index (χ0v) is 14.5. The molecule has 1 aromatic carbocycles. The Morgan fingerprint density at radius 2 is 2.22 bits per heavy atom. The fourth-order valence-electron chi connectivity index (χ4n) is 3.05. The molecule has 1 aliphatic heterocycles. The Bertz CT molecular complexity index is 660. The summed E-state index contributed by atoms with van der Waals surface area (Å²) in [6.07, 6.45) is 1.71. The van der Waals surface area contributed by atoms with E-state index in [1.165, 1.54) is 0 Å². The average Bonchev–Trinajstić information content (AvgIpc) is 2.45. The number of likely N-dealkylation sites (tertiary alicyclic amines) is 1. The van der Waals surface area contributed by atoms with Crippen molar-refractivity contribution in [3.05, 3.63) is 29.8 Å². The highest BCUT2D eigenvalue weighted by Crippen LogP contribution is 2.20. The standard InChI is InChI=1S/C16H25N3O3S/c1-12-5-3-7-15(9-12)18-16(20)13(2)19-8-4-6-14(10-19)11-23(17,21)22/h3,5,7,9,13-14H,4,6,8,10-11H2,1-2H3,(H,18,20)(H2,17,21,22)/t13-,14+/m0/s1. The van der Waals surface area contributed by atoms with Crippen molar-refractivity contribution in [2.75, 3.05) is 24.2 Å². The van der Waals surface area contributed by atoms with Gasteiger partial charge in [0, 0.05) is 12.2 Å². The molecule has 1 amide bonds. The maximum Gasteiger partial charge on any atom is 0.241 e. The largest absolute Gasteiger partial charge is 0.325 e. The molecular formula is C16H25N3O3S. The molecule has 0 spiro atoms. The Morgan fingerprint density at radius 3 is 2.87 bits per heavy atom. The number of piperidine rings is 1. The molecule has 0 bridgehead atoms. The van der Waals surface area contributed by atoms with E-state index in [-0.39, 0.29) is 23.6 Å². The molecule has 6 nitrogen and oxygen atoms in total. The van der Waals surface area contributed by atoms with E-state index in [1.54, 1.807) is 0 Å². The summed E-state index contributed by atoms with van der Waals surface area (Å²) in [5, 5.41) is 8.06. The van der Waals surface area contributed by atoms with E-state index in [2.05, 4.69) is 5.32 Å². The van der Waals surface area contributed by atoms with E-state index >= 15 is 0 Å². The summed E-state index contributed by atoms with van der Waals surface area (Å²) in [6.45, 7) is 5.20. The highest BCUT2D eigenvalue weighted by molar-refractivity contribution is 7.89. The van der Waals surface area contributed by atoms with Crippen molar-refractivity contribution in [3.8, 4) is 0 Å². The molecule has 0 radical (unpaired) electrons. The Hall–Kier alpha value is -1.44. The predicted molar refractivity (Wildman–Crippen MR) is 91.5 cm³/mol. The minimum absolute atomic E-state index is 0.00651. The van der Waals surface area contributed by atoms with Crippen molar-refractivity contribution in [1.29, 1.82) is 0 Å². The average molecular weight is 339 g/mol. The number of primary sulfonamides is 1. The molecule has 1 heterocycles. The number of nitrogens with zero attached hydrogens (tertiary/aromatic N) is 1. The first-order chi connectivity index (χ1) is 10.7. The first kappa shape index (κ1) is 17.9. The zero-order chi connectivity index (χ0) is 17.0. The summed E-state index contributed by atoms with van der Waals surface area (Å²) in [5.41, 5.74) is 1.86. The van der Waals surface area contributed by atoms with Crippen LogP contribution < -0.4 is 10.5 Å². The number of sulfonamides is 1. The smallest absolute Gasteiger partial charge is 0.241 e. The first-order valence-corrected chi connectivity index (χ1v) is 9.58. The van der Waals surface area contributed by atoms with Crippen LogP contribution >= 0.6 is 0 Å². The predicted octanol–water partition coefficient (Wildman–Crippen LogP) is 1.32. The van der Waals surface area contributed by atoms with Gasteiger partial charge in [-0.05, 0) is 56.8 Å². The van der Waals surface area contributed by atoms with E-state index in [0.717, 1.165) is 30.6 Å². The molecule has 2 atom stereocenters. The van der Waals surface area contributed by atoms with Crippen LogP contribution in [-0.4, -0.2) is 44.1 Å². The number of rotatable bonds is 5. The Labute approximate surface area is 138 Å². The fourth-order valence-corrected chi connectivity index (χ4v) is 3.98. The molecule has 1 saturated heterocycles. The van der Waals surface area contributed by atoms with Crippen LogP contribution in [0.15, 0.2) is 24.3 Å². The molecule has 1 aromatic rings. The lowest BCUT2D eigenvalue weighted by Crippen LogP contribution is -2.48. The van der Waals surface area contributed by atoms with Gasteiger partial charge < -0.3 is 5.32 Å². The number of carbonyl (C=O) groups excluding carboxylic acids is 1. The minimum atomic E-state index is -3.47. The molecule has 23 heavy (non-hydrogen) atoms. The molecule has 7 heteroatoms. The van der Waals surface area contributed by atoms with Crippen LogP contribution in [0, 0.1) is 12.8 Å². The van der Waals surface area contributed by atoms with E-state index in [1.807, 2.05) is 43.0 Å². The van der Waals surface area contributed by atoms with Gasteiger partial charge in [-0.15, -0.1) is 0 Å². The van der Waals surface area contributed by atoms with Crippen LogP contribution in [0.5, 0.6) is 0 Å². The topological polar surface area (TPSA) is 92.5 Å². The lowest BCUT2D eigenvalue weighted by Gasteiger charge is -2.35. The van der Waals surface area contributed by atoms with E-state index in [9.17, 15) is 13.2 Å². The van der Waals surface area contributed by atoms with Crippen LogP contribution in [0.25, 0.3) is 0 Å². The normalized spacial score (nSPS) is 20.9. The number of carbonyl (C=O) groups is 1. The van der Waals surface area contributed by atoms with E-state index < -0.39 is 10.0 Å². The Kier molecular flexibility index (Phi) is 5.78. The quantitative estimate of drug-likeness (QED) is 0.846. The summed E-state index contributed by atoms with van der Waals surface area (Å²) in [4.78, 5) is 14.5. The monoisotopic (exact) mass is 339 g/mol. The third-order valence-corrected chi connectivity index (χ3v) is 5.17. The number of nitrogens with two attached hydrogens (primary N) is 1. The number of benzene rings is 1. The van der Waals surface area contributed by atoms with Crippen molar-refractivity contribution in [2.24, 2.45) is 11.1 Å². The van der Waals surface area contributed by atoms with E-state index in [0.29, 0.717) is 6.54 Å². The van der Waals surface area contributed by atoms with Crippen molar-refractivity contribution in [2.45, 2.75) is 32.7 Å². The minimum Gasteiger partial charge on any atom is -0.325 e. The van der Waals surface area contributed by atoms with Gasteiger partial charge in [0.2, 0.25) is 15.9 Å². The van der Waals surface area contributed by atoms with Crippen LogP contribution in [-0.2, 0) is 14.8 Å². The van der Waals surface area contributed by atoms with E-state index in [4.69, 9.17) is 5.14 Å². The summed E-state index contributed by atoms with van der Waals surface area (Å²) in [5.74, 6) is -0.102. The number of hydrogen-bond acceptors (Lipinski definition) is 4. The number of aryl methyl sites for hydroxylation is 1. The number of amides is 1. The summed E-state index contributed by atoms with van der Waals surface area (Å²) >= 11 is 0. The van der Waals surface area contributed by atoms with Crippen LogP contribution in [0.4, 0.5) is 5.69 Å². The lowest BCUT2D eigenvalue weighted by molar-refractivity contribution is -0.121. The zero-order valence-electron chi connectivity index (χ0n) is 13.7. The number of nitrogens with one attached hydrogen (secondary N) is 1. The van der Waals surface area contributed by atoms with Gasteiger partial charge in [-0.1, -0.05) is 12.1 Å². The van der Waals surface area contributed by atoms with Gasteiger partial charge in [-0.3, -0.25) is 9.69 Å². The molecule has 2 rings (SSSR count). The van der Waals surface area contributed by atoms with Crippen molar-refractivity contribution in [3.63, 3.8) is 0 Å². The first-order valence-electron chi connectivity index (χ1n) is 7.86. The molecule has 0 aliphatic carbocycles. The van der Waals surface area contributed by atoms with Crippen LogP contribution in [0.3, 0.4) is 0 Å². The molecular weight excluding hydrogens is 314 g/mol. The maximum absolute atomic E-state index is 12.4. The molecule has 3 N–H and O–H groups in total. The van der Waals surface area contributed by atoms with Gasteiger partial charge in [-0.2, -0.15) is 0 Å². The third-order valence-electron chi connectivity index (χ3n) is 4.23. The Balaban J connectivity index is 1.96. The third kappa shape index (κ3) is 5.60. The molecule has 0 saturated carbocycles.